The van der Waals surface area contributed by atoms with Gasteiger partial charge in [-0.15, -0.1) is 0 Å². The lowest BCUT2D eigenvalue weighted by molar-refractivity contribution is 0.167. The fraction of sp³-hybridized carbons (Fsp3) is 0.452. The lowest BCUT2D eigenvalue weighted by atomic mass is 10.1. The number of nitrogens with zero attached hydrogens (tertiary/aromatic N) is 4. The molecule has 4 rings (SSSR count). The van der Waals surface area contributed by atoms with Crippen molar-refractivity contribution in [1.29, 1.82) is 0 Å². The third kappa shape index (κ3) is 6.89. The van der Waals surface area contributed by atoms with Gasteiger partial charge in [0.1, 0.15) is 5.82 Å². The molecule has 40 heavy (non-hydrogen) atoms. The summed E-state index contributed by atoms with van der Waals surface area (Å²) in [5.74, 6) is 0.746. The van der Waals surface area contributed by atoms with E-state index >= 15 is 0 Å². The summed E-state index contributed by atoms with van der Waals surface area (Å²) in [7, 11) is 0. The summed E-state index contributed by atoms with van der Waals surface area (Å²) >= 11 is 0. The number of benzene rings is 2. The molecule has 0 aliphatic rings. The molecular weight excluding hydrogens is 504 g/mol. The summed E-state index contributed by atoms with van der Waals surface area (Å²) in [6, 6.07) is 17.9. The number of nitrogen functional groups attached to an aromatic ring is 1. The molecule has 0 amide bonds. The third-order valence-electron chi connectivity index (χ3n) is 7.34. The van der Waals surface area contributed by atoms with Crippen LogP contribution in [0.15, 0.2) is 64.2 Å². The Kier molecular flexibility index (Phi) is 10.3. The number of aliphatic hydroxyl groups excluding tert-OH is 1. The molecular formula is C31H42N6O3. The number of aliphatic hydroxyl groups is 1. The lowest BCUT2D eigenvalue weighted by Gasteiger charge is -2.14. The molecule has 0 bridgehead atoms. The highest BCUT2D eigenvalue weighted by Crippen LogP contribution is 2.18. The molecule has 0 aliphatic heterocycles. The number of imidazole rings is 1. The maximum atomic E-state index is 13.7. The van der Waals surface area contributed by atoms with Gasteiger partial charge in [-0.1, -0.05) is 62.4 Å². The van der Waals surface area contributed by atoms with Crippen molar-refractivity contribution in [2.45, 2.75) is 78.1 Å². The van der Waals surface area contributed by atoms with E-state index in [4.69, 9.17) is 10.7 Å². The van der Waals surface area contributed by atoms with E-state index in [0.29, 0.717) is 63.2 Å². The standard InChI is InChI=1S/C31H42N6O3/c1-3-18-37-30(39)28-29(36(31(37)40)19-11-10-15-24-14-8-9-16-26(24)32)34-27(21-23-12-6-5-7-13-23)35(28)20-17-33-22-25(38)4-2/h5-9,12-14,16,25,33,38H,3-4,10-11,15,17-22,32H2,1-2H3. The molecule has 2 aromatic carbocycles. The molecule has 0 saturated carbocycles. The predicted octanol–water partition coefficient (Wildman–Crippen LogP) is 3.33. The summed E-state index contributed by atoms with van der Waals surface area (Å²) in [5, 5.41) is 13.2. The zero-order valence-electron chi connectivity index (χ0n) is 23.7. The largest absolute Gasteiger partial charge is 0.399 e. The summed E-state index contributed by atoms with van der Waals surface area (Å²) in [5.41, 5.74) is 9.38. The van der Waals surface area contributed by atoms with Crippen LogP contribution in [0.4, 0.5) is 5.69 Å². The normalized spacial score (nSPS) is 12.3. The van der Waals surface area contributed by atoms with Crippen molar-refractivity contribution in [2.24, 2.45) is 0 Å². The predicted molar refractivity (Wildman–Crippen MR) is 161 cm³/mol. The maximum absolute atomic E-state index is 13.7. The summed E-state index contributed by atoms with van der Waals surface area (Å²) in [6.07, 6.45) is 3.91. The van der Waals surface area contributed by atoms with E-state index in [0.717, 1.165) is 41.9 Å². The Hall–Kier alpha value is -3.69. The van der Waals surface area contributed by atoms with Crippen molar-refractivity contribution in [3.05, 3.63) is 92.4 Å². The number of unbranched alkanes of at least 4 members (excludes halogenated alkanes) is 1. The molecule has 1 atom stereocenters. The zero-order chi connectivity index (χ0) is 28.5. The highest BCUT2D eigenvalue weighted by molar-refractivity contribution is 5.71. The topological polar surface area (TPSA) is 120 Å². The fourth-order valence-corrected chi connectivity index (χ4v) is 5.06. The molecule has 0 fully saturated rings. The minimum atomic E-state index is -0.415. The van der Waals surface area contributed by atoms with E-state index in [1.165, 1.54) is 4.57 Å². The van der Waals surface area contributed by atoms with Crippen molar-refractivity contribution in [2.75, 3.05) is 18.8 Å². The molecule has 214 valence electrons. The number of aryl methyl sites for hydroxylation is 2. The van der Waals surface area contributed by atoms with Crippen LogP contribution in [-0.2, 0) is 32.5 Å². The molecule has 0 saturated heterocycles. The second-order valence-electron chi connectivity index (χ2n) is 10.3. The van der Waals surface area contributed by atoms with Gasteiger partial charge in [0.2, 0.25) is 0 Å². The molecule has 0 radical (unpaired) electrons. The van der Waals surface area contributed by atoms with Crippen LogP contribution < -0.4 is 22.3 Å². The summed E-state index contributed by atoms with van der Waals surface area (Å²) in [4.78, 5) is 32.2. The molecule has 9 nitrogen and oxygen atoms in total. The minimum absolute atomic E-state index is 0.296. The Morgan fingerprint density at radius 1 is 0.925 bits per heavy atom. The van der Waals surface area contributed by atoms with E-state index in [-0.39, 0.29) is 11.2 Å². The molecule has 0 aliphatic carbocycles. The van der Waals surface area contributed by atoms with Gasteiger partial charge in [0, 0.05) is 44.8 Å². The highest BCUT2D eigenvalue weighted by atomic mass is 16.3. The van der Waals surface area contributed by atoms with Crippen LogP contribution in [0.2, 0.25) is 0 Å². The lowest BCUT2D eigenvalue weighted by Crippen LogP contribution is -2.41. The van der Waals surface area contributed by atoms with E-state index in [9.17, 15) is 14.7 Å². The van der Waals surface area contributed by atoms with Crippen LogP contribution in [0.25, 0.3) is 11.2 Å². The molecule has 4 N–H and O–H groups in total. The third-order valence-corrected chi connectivity index (χ3v) is 7.34. The average molecular weight is 547 g/mol. The Labute approximate surface area is 235 Å². The van der Waals surface area contributed by atoms with Crippen LogP contribution in [-0.4, -0.2) is 43.0 Å². The van der Waals surface area contributed by atoms with Gasteiger partial charge < -0.3 is 20.7 Å². The monoisotopic (exact) mass is 546 g/mol. The first-order chi connectivity index (χ1) is 19.4. The van der Waals surface area contributed by atoms with Crippen LogP contribution in [0.5, 0.6) is 0 Å². The SMILES string of the molecule is CCCn1c(=O)c2c(nc(Cc3ccccc3)n2CCNCC(O)CC)n(CCCCc2ccccc2N)c1=O. The van der Waals surface area contributed by atoms with E-state index in [1.807, 2.05) is 73.0 Å². The molecule has 0 spiro atoms. The van der Waals surface area contributed by atoms with Gasteiger partial charge in [-0.3, -0.25) is 13.9 Å². The number of hydrogen-bond donors (Lipinski definition) is 3. The van der Waals surface area contributed by atoms with Crippen LogP contribution >= 0.6 is 0 Å². The maximum Gasteiger partial charge on any atom is 0.332 e. The summed E-state index contributed by atoms with van der Waals surface area (Å²) in [6.45, 7) is 6.28. The second-order valence-corrected chi connectivity index (χ2v) is 10.3. The molecule has 1 unspecified atom stereocenters. The fourth-order valence-electron chi connectivity index (χ4n) is 5.06. The number of aromatic nitrogens is 4. The summed E-state index contributed by atoms with van der Waals surface area (Å²) < 4.78 is 5.00. The quantitative estimate of drug-likeness (QED) is 0.155. The Balaban J connectivity index is 1.70. The van der Waals surface area contributed by atoms with Crippen molar-refractivity contribution in [1.82, 2.24) is 24.0 Å². The van der Waals surface area contributed by atoms with Gasteiger partial charge in [0.15, 0.2) is 11.2 Å². The first kappa shape index (κ1) is 29.3. The highest BCUT2D eigenvalue weighted by Gasteiger charge is 2.21. The molecule has 4 aromatic rings. The van der Waals surface area contributed by atoms with E-state index in [2.05, 4.69) is 5.32 Å². The minimum Gasteiger partial charge on any atom is -0.399 e. The first-order valence-corrected chi connectivity index (χ1v) is 14.4. The molecule has 9 heteroatoms. The van der Waals surface area contributed by atoms with Crippen molar-refractivity contribution in [3.8, 4) is 0 Å². The van der Waals surface area contributed by atoms with Crippen LogP contribution in [0.1, 0.15) is 56.5 Å². The molecule has 2 heterocycles. The van der Waals surface area contributed by atoms with E-state index in [1.54, 1.807) is 4.57 Å². The van der Waals surface area contributed by atoms with Crippen molar-refractivity contribution in [3.63, 3.8) is 0 Å². The Bertz CT molecular complexity index is 1510. The number of hydrogen-bond acceptors (Lipinski definition) is 6. The van der Waals surface area contributed by atoms with Gasteiger partial charge in [-0.25, -0.2) is 9.78 Å². The number of rotatable bonds is 15. The van der Waals surface area contributed by atoms with Gasteiger partial charge >= 0.3 is 5.69 Å². The van der Waals surface area contributed by atoms with E-state index < -0.39 is 6.10 Å². The first-order valence-electron chi connectivity index (χ1n) is 14.4. The second kappa shape index (κ2) is 14.1. The van der Waals surface area contributed by atoms with Crippen molar-refractivity contribution >= 4 is 16.9 Å². The van der Waals surface area contributed by atoms with Gasteiger partial charge in [-0.05, 0) is 49.3 Å². The van der Waals surface area contributed by atoms with Gasteiger partial charge in [0.25, 0.3) is 5.56 Å². The van der Waals surface area contributed by atoms with Crippen molar-refractivity contribution < 1.29 is 5.11 Å². The molecule has 2 aromatic heterocycles. The van der Waals surface area contributed by atoms with Crippen LogP contribution in [0.3, 0.4) is 0 Å². The van der Waals surface area contributed by atoms with Gasteiger partial charge in [0.05, 0.1) is 6.10 Å². The van der Waals surface area contributed by atoms with Gasteiger partial charge in [-0.2, -0.15) is 0 Å². The number of para-hydroxylation sites is 1. The smallest absolute Gasteiger partial charge is 0.332 e. The zero-order valence-corrected chi connectivity index (χ0v) is 23.7. The number of nitrogens with one attached hydrogen (secondary N) is 1. The number of anilines is 1. The Morgan fingerprint density at radius 3 is 2.40 bits per heavy atom. The van der Waals surface area contributed by atoms with Crippen LogP contribution in [0, 0.1) is 0 Å². The average Bonchev–Trinajstić information content (AvgIpc) is 3.31. The number of nitrogens with two attached hydrogens (primary N) is 1. The Morgan fingerprint density at radius 2 is 1.68 bits per heavy atom. The number of fused-ring (bicyclic) bond motifs is 1.